The molecule has 0 atom stereocenters. The van der Waals surface area contributed by atoms with Gasteiger partial charge in [-0.1, -0.05) is 27.6 Å². The summed E-state index contributed by atoms with van der Waals surface area (Å²) in [5.41, 5.74) is 3.26. The van der Waals surface area contributed by atoms with Gasteiger partial charge in [0.05, 0.1) is 5.69 Å². The maximum atomic E-state index is 13.1. The lowest BCUT2D eigenvalue weighted by Gasteiger charge is -2.28. The number of benzene rings is 1. The van der Waals surface area contributed by atoms with Crippen molar-refractivity contribution in [2.45, 2.75) is 57.5 Å². The van der Waals surface area contributed by atoms with Crippen LogP contribution < -0.4 is 5.32 Å². The zero-order valence-corrected chi connectivity index (χ0v) is 16.0. The van der Waals surface area contributed by atoms with Gasteiger partial charge in [-0.3, -0.25) is 4.68 Å². The summed E-state index contributed by atoms with van der Waals surface area (Å²) in [6.45, 7) is 3.72. The first-order valence-electron chi connectivity index (χ1n) is 8.84. The van der Waals surface area contributed by atoms with Gasteiger partial charge in [-0.25, -0.2) is 8.78 Å². The summed E-state index contributed by atoms with van der Waals surface area (Å²) < 4.78 is 29.3. The van der Waals surface area contributed by atoms with Crippen LogP contribution in [0.5, 0.6) is 0 Å². The van der Waals surface area contributed by atoms with Crippen LogP contribution in [0.2, 0.25) is 0 Å². The monoisotopic (exact) mass is 411 g/mol. The second kappa shape index (κ2) is 7.96. The molecule has 0 bridgehead atoms. The van der Waals surface area contributed by atoms with Crippen molar-refractivity contribution in [2.24, 2.45) is 0 Å². The van der Waals surface area contributed by atoms with Crippen LogP contribution in [-0.4, -0.2) is 28.3 Å². The average Bonchev–Trinajstić information content (AvgIpc) is 3.04. The number of nitrogens with one attached hydrogen (secondary N) is 1. The van der Waals surface area contributed by atoms with Crippen molar-refractivity contribution < 1.29 is 8.78 Å². The summed E-state index contributed by atoms with van der Waals surface area (Å²) in [5.74, 6) is -2.45. The first-order valence-corrected chi connectivity index (χ1v) is 9.63. The van der Waals surface area contributed by atoms with Crippen molar-refractivity contribution in [3.8, 4) is 11.3 Å². The SMILES string of the molecule is Cc1ccc(Br)c(-c2ccn(CCCNC3CCC(F)(F)CC3)n2)c1. The van der Waals surface area contributed by atoms with Crippen LogP contribution in [0, 0.1) is 6.92 Å². The lowest BCUT2D eigenvalue weighted by molar-refractivity contribution is -0.0403. The second-order valence-electron chi connectivity index (χ2n) is 6.89. The molecular formula is C19H24BrF2N3. The minimum atomic E-state index is -2.45. The van der Waals surface area contributed by atoms with Gasteiger partial charge in [0.25, 0.3) is 0 Å². The van der Waals surface area contributed by atoms with Crippen molar-refractivity contribution in [3.63, 3.8) is 0 Å². The van der Waals surface area contributed by atoms with Crippen molar-refractivity contribution >= 4 is 15.9 Å². The maximum Gasteiger partial charge on any atom is 0.248 e. The summed E-state index contributed by atoms with van der Waals surface area (Å²) in [4.78, 5) is 0. The maximum absolute atomic E-state index is 13.1. The van der Waals surface area contributed by atoms with Crippen LogP contribution in [-0.2, 0) is 6.54 Å². The molecule has 1 aromatic heterocycles. The fourth-order valence-corrected chi connectivity index (χ4v) is 3.71. The number of rotatable bonds is 6. The van der Waals surface area contributed by atoms with E-state index in [0.717, 1.165) is 35.2 Å². The molecular weight excluding hydrogens is 388 g/mol. The number of nitrogens with zero attached hydrogens (tertiary/aromatic N) is 2. The molecule has 0 unspecified atom stereocenters. The highest BCUT2D eigenvalue weighted by Gasteiger charge is 2.34. The lowest BCUT2D eigenvalue weighted by atomic mass is 9.92. The summed E-state index contributed by atoms with van der Waals surface area (Å²) >= 11 is 3.58. The standard InChI is InChI=1S/C19H24BrF2N3/c1-14-3-4-17(20)16(13-14)18-7-12-25(24-18)11-2-10-23-15-5-8-19(21,22)9-6-15/h3-4,7,12-13,15,23H,2,5-6,8-11H2,1H3. The third-order valence-corrected chi connectivity index (χ3v) is 5.44. The fraction of sp³-hybridized carbons (Fsp3) is 0.526. The number of hydrogen-bond donors (Lipinski definition) is 1. The molecule has 2 aromatic rings. The quantitative estimate of drug-likeness (QED) is 0.663. The van der Waals surface area contributed by atoms with E-state index in [2.05, 4.69) is 45.4 Å². The molecule has 0 saturated heterocycles. The molecule has 1 aliphatic carbocycles. The predicted molar refractivity (Wildman–Crippen MR) is 99.9 cm³/mol. The molecule has 0 aliphatic heterocycles. The van der Waals surface area contributed by atoms with Gasteiger partial charge in [-0.2, -0.15) is 5.10 Å². The Labute approximate surface area is 155 Å². The topological polar surface area (TPSA) is 29.9 Å². The Balaban J connectivity index is 1.46. The number of aromatic nitrogens is 2. The highest BCUT2D eigenvalue weighted by Crippen LogP contribution is 2.33. The van der Waals surface area contributed by atoms with Crippen LogP contribution in [0.4, 0.5) is 8.78 Å². The number of hydrogen-bond acceptors (Lipinski definition) is 2. The van der Waals surface area contributed by atoms with Gasteiger partial charge in [0, 0.05) is 41.7 Å². The molecule has 25 heavy (non-hydrogen) atoms. The Kier molecular flexibility index (Phi) is 5.89. The van der Waals surface area contributed by atoms with Crippen LogP contribution in [0.3, 0.4) is 0 Å². The molecule has 136 valence electrons. The molecule has 0 spiro atoms. The molecule has 3 nitrogen and oxygen atoms in total. The summed E-state index contributed by atoms with van der Waals surface area (Å²) in [6.07, 6.45) is 4.09. The number of halogens is 3. The Morgan fingerprint density at radius 3 is 2.80 bits per heavy atom. The molecule has 0 amide bonds. The minimum absolute atomic E-state index is 0.0125. The lowest BCUT2D eigenvalue weighted by Crippen LogP contribution is -2.37. The van der Waals surface area contributed by atoms with Crippen molar-refractivity contribution in [1.82, 2.24) is 15.1 Å². The molecule has 1 aromatic carbocycles. The van der Waals surface area contributed by atoms with Gasteiger partial charge in [0.2, 0.25) is 5.92 Å². The first kappa shape index (κ1) is 18.5. The number of aryl methyl sites for hydroxylation is 2. The molecule has 1 fully saturated rings. The number of alkyl halides is 2. The Bertz CT molecular complexity index is 704. The van der Waals surface area contributed by atoms with E-state index in [1.807, 2.05) is 23.0 Å². The van der Waals surface area contributed by atoms with E-state index in [9.17, 15) is 8.78 Å². The highest BCUT2D eigenvalue weighted by molar-refractivity contribution is 9.10. The molecule has 3 rings (SSSR count). The third kappa shape index (κ3) is 5.11. The van der Waals surface area contributed by atoms with Gasteiger partial charge in [0.15, 0.2) is 0 Å². The van der Waals surface area contributed by atoms with E-state index in [1.165, 1.54) is 5.56 Å². The fourth-order valence-electron chi connectivity index (χ4n) is 3.26. The average molecular weight is 412 g/mol. The smallest absolute Gasteiger partial charge is 0.248 e. The largest absolute Gasteiger partial charge is 0.314 e. The molecule has 1 aliphatic rings. The van der Waals surface area contributed by atoms with Crippen molar-refractivity contribution in [3.05, 3.63) is 40.5 Å². The van der Waals surface area contributed by atoms with Crippen molar-refractivity contribution in [1.29, 1.82) is 0 Å². The van der Waals surface area contributed by atoms with Gasteiger partial charge in [0.1, 0.15) is 0 Å². The van der Waals surface area contributed by atoms with E-state index in [1.54, 1.807) is 0 Å². The van der Waals surface area contributed by atoms with Gasteiger partial charge in [-0.15, -0.1) is 0 Å². The summed E-state index contributed by atoms with van der Waals surface area (Å²) in [7, 11) is 0. The molecule has 6 heteroatoms. The third-order valence-electron chi connectivity index (χ3n) is 4.75. The molecule has 1 N–H and O–H groups in total. The van der Waals surface area contributed by atoms with Gasteiger partial charge >= 0.3 is 0 Å². The zero-order valence-electron chi connectivity index (χ0n) is 14.4. The normalized spacial score (nSPS) is 17.8. The first-order chi connectivity index (χ1) is 11.9. The Morgan fingerprint density at radius 2 is 2.04 bits per heavy atom. The summed E-state index contributed by atoms with van der Waals surface area (Å²) in [6, 6.07) is 8.49. The van der Waals surface area contributed by atoms with E-state index < -0.39 is 5.92 Å². The van der Waals surface area contributed by atoms with Crippen molar-refractivity contribution in [2.75, 3.05) is 6.54 Å². The van der Waals surface area contributed by atoms with Gasteiger partial charge < -0.3 is 5.32 Å². The molecule has 1 saturated carbocycles. The van der Waals surface area contributed by atoms with Crippen LogP contribution in [0.15, 0.2) is 34.9 Å². The summed E-state index contributed by atoms with van der Waals surface area (Å²) in [5, 5.41) is 8.05. The molecule has 1 heterocycles. The highest BCUT2D eigenvalue weighted by atomic mass is 79.9. The molecule has 0 radical (unpaired) electrons. The van der Waals surface area contributed by atoms with Crippen LogP contribution in [0.1, 0.15) is 37.7 Å². The van der Waals surface area contributed by atoms with Crippen LogP contribution >= 0.6 is 15.9 Å². The van der Waals surface area contributed by atoms with E-state index in [0.29, 0.717) is 12.8 Å². The van der Waals surface area contributed by atoms with E-state index in [4.69, 9.17) is 0 Å². The Hall–Kier alpha value is -1.27. The van der Waals surface area contributed by atoms with E-state index >= 15 is 0 Å². The van der Waals surface area contributed by atoms with Gasteiger partial charge in [-0.05, 0) is 50.9 Å². The Morgan fingerprint density at radius 1 is 1.28 bits per heavy atom. The van der Waals surface area contributed by atoms with Crippen LogP contribution in [0.25, 0.3) is 11.3 Å². The zero-order chi connectivity index (χ0) is 17.9. The minimum Gasteiger partial charge on any atom is -0.314 e. The second-order valence-corrected chi connectivity index (χ2v) is 7.74. The predicted octanol–water partition coefficient (Wildman–Crippen LogP) is 5.18. The van der Waals surface area contributed by atoms with E-state index in [-0.39, 0.29) is 18.9 Å².